The number of carbonyl (C=O) groups is 1. The molecule has 0 aliphatic heterocycles. The molecule has 0 amide bonds. The van der Waals surface area contributed by atoms with Gasteiger partial charge in [0, 0.05) is 34.4 Å². The zero-order valence-corrected chi connectivity index (χ0v) is 14.5. The van der Waals surface area contributed by atoms with Gasteiger partial charge in [-0.2, -0.15) is 5.26 Å². The van der Waals surface area contributed by atoms with E-state index in [1.165, 1.54) is 24.3 Å². The maximum atomic E-state index is 12.5. The number of nitrogens with zero attached hydrogens (tertiary/aromatic N) is 2. The first-order valence-electron chi connectivity index (χ1n) is 7.74. The number of benzene rings is 2. The van der Waals surface area contributed by atoms with E-state index in [0.29, 0.717) is 16.5 Å². The number of furan rings is 1. The van der Waals surface area contributed by atoms with Crippen molar-refractivity contribution in [3.63, 3.8) is 0 Å². The number of nitro groups is 1. The molecule has 0 N–H and O–H groups in total. The summed E-state index contributed by atoms with van der Waals surface area (Å²) in [6, 6.07) is 17.4. The van der Waals surface area contributed by atoms with E-state index in [1.807, 2.05) is 6.07 Å². The van der Waals surface area contributed by atoms with Crippen molar-refractivity contribution >= 4 is 29.1 Å². The van der Waals surface area contributed by atoms with Gasteiger partial charge in [-0.1, -0.05) is 23.7 Å². The van der Waals surface area contributed by atoms with Crippen LogP contribution in [-0.4, -0.2) is 10.7 Å². The highest BCUT2D eigenvalue weighted by molar-refractivity contribution is 6.30. The number of hydrogen-bond acceptors (Lipinski definition) is 5. The Labute approximate surface area is 159 Å². The van der Waals surface area contributed by atoms with Crippen molar-refractivity contribution in [3.05, 3.63) is 92.7 Å². The van der Waals surface area contributed by atoms with E-state index >= 15 is 0 Å². The van der Waals surface area contributed by atoms with E-state index in [9.17, 15) is 20.2 Å². The van der Waals surface area contributed by atoms with Gasteiger partial charge >= 0.3 is 0 Å². The lowest BCUT2D eigenvalue weighted by atomic mass is 10.0. The number of nitro benzene ring substituents is 1. The molecule has 0 atom stereocenters. The van der Waals surface area contributed by atoms with Crippen molar-refractivity contribution in [2.45, 2.75) is 0 Å². The summed E-state index contributed by atoms with van der Waals surface area (Å²) in [6.45, 7) is 0. The fraction of sp³-hybridized carbons (Fsp3) is 0. The highest BCUT2D eigenvalue weighted by atomic mass is 35.5. The van der Waals surface area contributed by atoms with E-state index in [1.54, 1.807) is 36.4 Å². The molecule has 7 heteroatoms. The van der Waals surface area contributed by atoms with Gasteiger partial charge in [0.2, 0.25) is 5.78 Å². The van der Waals surface area contributed by atoms with E-state index < -0.39 is 10.7 Å². The predicted molar refractivity (Wildman–Crippen MR) is 100 cm³/mol. The zero-order chi connectivity index (χ0) is 19.4. The van der Waals surface area contributed by atoms with Gasteiger partial charge in [0.25, 0.3) is 5.69 Å². The van der Waals surface area contributed by atoms with Gasteiger partial charge in [0.15, 0.2) is 0 Å². The normalized spacial score (nSPS) is 11.0. The largest absolute Gasteiger partial charge is 0.457 e. The maximum absolute atomic E-state index is 12.5. The van der Waals surface area contributed by atoms with Gasteiger partial charge in [-0.3, -0.25) is 14.9 Å². The smallest absolute Gasteiger partial charge is 0.270 e. The Hall–Kier alpha value is -3.69. The molecule has 0 saturated heterocycles. The van der Waals surface area contributed by atoms with Crippen LogP contribution in [0.4, 0.5) is 5.69 Å². The predicted octanol–water partition coefficient (Wildman–Crippen LogP) is 5.30. The SMILES string of the molecule is N#CC(=Cc1ccc(-c2ccc(Cl)cc2)o1)C(=O)c1cccc([N+](=O)[O-])c1. The summed E-state index contributed by atoms with van der Waals surface area (Å²) >= 11 is 5.86. The molecule has 27 heavy (non-hydrogen) atoms. The molecule has 0 saturated carbocycles. The number of hydrogen-bond donors (Lipinski definition) is 0. The van der Waals surface area contributed by atoms with Crippen LogP contribution in [0.2, 0.25) is 5.02 Å². The van der Waals surface area contributed by atoms with Crippen LogP contribution in [0.5, 0.6) is 0 Å². The highest BCUT2D eigenvalue weighted by Gasteiger charge is 2.16. The first-order chi connectivity index (χ1) is 13.0. The average molecular weight is 379 g/mol. The molecule has 0 unspecified atom stereocenters. The lowest BCUT2D eigenvalue weighted by Gasteiger charge is -1.99. The van der Waals surface area contributed by atoms with Crippen LogP contribution in [0.25, 0.3) is 17.4 Å². The minimum atomic E-state index is -0.620. The number of nitriles is 1. The fourth-order valence-corrected chi connectivity index (χ4v) is 2.53. The van der Waals surface area contributed by atoms with Gasteiger partial charge in [0.1, 0.15) is 23.2 Å². The van der Waals surface area contributed by atoms with Gasteiger partial charge in [-0.15, -0.1) is 0 Å². The van der Waals surface area contributed by atoms with Gasteiger partial charge in [-0.25, -0.2) is 0 Å². The number of allylic oxidation sites excluding steroid dienone is 1. The fourth-order valence-electron chi connectivity index (χ4n) is 2.41. The number of rotatable bonds is 5. The molecule has 0 aliphatic rings. The summed E-state index contributed by atoms with van der Waals surface area (Å²) in [4.78, 5) is 22.8. The summed E-state index contributed by atoms with van der Waals surface area (Å²) < 4.78 is 5.66. The third kappa shape index (κ3) is 4.11. The van der Waals surface area contributed by atoms with E-state index in [-0.39, 0.29) is 16.8 Å². The molecule has 1 aromatic heterocycles. The van der Waals surface area contributed by atoms with Crippen molar-refractivity contribution in [3.8, 4) is 17.4 Å². The van der Waals surface area contributed by atoms with E-state index in [2.05, 4.69) is 0 Å². The first-order valence-corrected chi connectivity index (χ1v) is 8.12. The van der Waals surface area contributed by atoms with E-state index in [0.717, 1.165) is 11.6 Å². The molecule has 3 rings (SSSR count). The number of carbonyl (C=O) groups excluding carboxylic acids is 1. The zero-order valence-electron chi connectivity index (χ0n) is 13.8. The number of halogens is 1. The number of ketones is 1. The Morgan fingerprint density at radius 1 is 1.15 bits per heavy atom. The Kier molecular flexibility index (Phi) is 5.15. The monoisotopic (exact) mass is 378 g/mol. The van der Waals surface area contributed by atoms with Crippen LogP contribution in [0.1, 0.15) is 16.1 Å². The summed E-state index contributed by atoms with van der Waals surface area (Å²) in [7, 11) is 0. The molecule has 2 aromatic carbocycles. The number of Topliss-reactive ketones (excluding diaryl/α,β-unsaturated/α-hetero) is 1. The second-order valence-corrected chi connectivity index (χ2v) is 5.95. The summed E-state index contributed by atoms with van der Waals surface area (Å²) in [6.07, 6.45) is 1.31. The highest BCUT2D eigenvalue weighted by Crippen LogP contribution is 2.25. The topological polar surface area (TPSA) is 97.1 Å². The van der Waals surface area contributed by atoms with Crippen LogP contribution in [-0.2, 0) is 0 Å². The van der Waals surface area contributed by atoms with Crippen molar-refractivity contribution < 1.29 is 14.1 Å². The Morgan fingerprint density at radius 3 is 2.56 bits per heavy atom. The van der Waals surface area contributed by atoms with Crippen LogP contribution < -0.4 is 0 Å². The molecule has 0 fully saturated rings. The third-order valence-corrected chi connectivity index (χ3v) is 3.98. The van der Waals surface area contributed by atoms with Crippen molar-refractivity contribution in [1.82, 2.24) is 0 Å². The molecular weight excluding hydrogens is 368 g/mol. The average Bonchev–Trinajstić information content (AvgIpc) is 3.15. The Balaban J connectivity index is 1.90. The molecule has 6 nitrogen and oxygen atoms in total. The second kappa shape index (κ2) is 7.68. The minimum absolute atomic E-state index is 0.0569. The van der Waals surface area contributed by atoms with Crippen molar-refractivity contribution in [2.24, 2.45) is 0 Å². The first kappa shape index (κ1) is 18.1. The van der Waals surface area contributed by atoms with Crippen LogP contribution in [0.3, 0.4) is 0 Å². The van der Waals surface area contributed by atoms with Crippen molar-refractivity contribution in [1.29, 1.82) is 5.26 Å². The molecule has 0 bridgehead atoms. The second-order valence-electron chi connectivity index (χ2n) is 5.52. The molecule has 132 valence electrons. The van der Waals surface area contributed by atoms with Crippen LogP contribution in [0, 0.1) is 21.4 Å². The van der Waals surface area contributed by atoms with Crippen LogP contribution >= 0.6 is 11.6 Å². The Bertz CT molecular complexity index is 1090. The summed E-state index contributed by atoms with van der Waals surface area (Å²) in [5.41, 5.74) is 0.442. The van der Waals surface area contributed by atoms with Gasteiger partial charge in [0.05, 0.1) is 4.92 Å². The molecule has 0 aliphatic carbocycles. The molecule has 3 aromatic rings. The summed E-state index contributed by atoms with van der Waals surface area (Å²) in [5, 5.41) is 20.8. The molecule has 1 heterocycles. The van der Waals surface area contributed by atoms with E-state index in [4.69, 9.17) is 16.0 Å². The standard InChI is InChI=1S/C20H11ClN2O4/c21-16-6-4-13(5-7-16)19-9-8-18(27-19)11-15(12-22)20(24)14-2-1-3-17(10-14)23(25)26/h1-11H. The molecule has 0 spiro atoms. The quantitative estimate of drug-likeness (QED) is 0.197. The lowest BCUT2D eigenvalue weighted by Crippen LogP contribution is -2.02. The Morgan fingerprint density at radius 2 is 1.89 bits per heavy atom. The molecule has 0 radical (unpaired) electrons. The maximum Gasteiger partial charge on any atom is 0.270 e. The lowest BCUT2D eigenvalue weighted by molar-refractivity contribution is -0.384. The van der Waals surface area contributed by atoms with Crippen molar-refractivity contribution in [2.75, 3.05) is 0 Å². The molecular formula is C20H11ClN2O4. The van der Waals surface area contributed by atoms with Crippen LogP contribution in [0.15, 0.2) is 70.7 Å². The van der Waals surface area contributed by atoms with Gasteiger partial charge in [-0.05, 0) is 36.4 Å². The minimum Gasteiger partial charge on any atom is -0.457 e. The number of non-ortho nitro benzene ring substituents is 1. The third-order valence-electron chi connectivity index (χ3n) is 3.73. The van der Waals surface area contributed by atoms with Gasteiger partial charge < -0.3 is 4.42 Å². The summed E-state index contributed by atoms with van der Waals surface area (Å²) in [5.74, 6) is 0.249.